The van der Waals surface area contributed by atoms with Crippen LogP contribution in [0, 0.1) is 0 Å². The van der Waals surface area contributed by atoms with Gasteiger partial charge in [-0.3, -0.25) is 9.59 Å². The largest absolute Gasteiger partial charge is 0.398 e. The van der Waals surface area contributed by atoms with Crippen LogP contribution in [0.5, 0.6) is 0 Å². The highest BCUT2D eigenvalue weighted by Gasteiger charge is 2.12. The van der Waals surface area contributed by atoms with Gasteiger partial charge in [0.15, 0.2) is 10.2 Å². The third-order valence-electron chi connectivity index (χ3n) is 2.82. The molecule has 2 aromatic rings. The zero-order valence-electron chi connectivity index (χ0n) is 11.8. The zero-order valence-corrected chi connectivity index (χ0v) is 13.5. The molecule has 0 aliphatic heterocycles. The summed E-state index contributed by atoms with van der Waals surface area (Å²) in [5.41, 5.74) is 12.7. The second-order valence-corrected chi connectivity index (χ2v) is 6.72. The van der Waals surface area contributed by atoms with Gasteiger partial charge in [0.05, 0.1) is 0 Å². The predicted octanol–water partition coefficient (Wildman–Crippen LogP) is 3.57. The molecule has 0 atom stereocenters. The Balaban J connectivity index is 1.82. The van der Waals surface area contributed by atoms with Crippen LogP contribution in [0.2, 0.25) is 0 Å². The monoisotopic (exact) mass is 332 g/mol. The second-order valence-electron chi connectivity index (χ2n) is 4.52. The number of nitrogen functional groups attached to an aromatic ring is 2. The maximum Gasteiger partial charge on any atom is 0.194 e. The lowest BCUT2D eigenvalue weighted by molar-refractivity contribution is -0.115. The van der Waals surface area contributed by atoms with E-state index in [9.17, 15) is 9.59 Å². The van der Waals surface area contributed by atoms with Gasteiger partial charge in [-0.25, -0.2) is 0 Å². The number of benzene rings is 2. The molecule has 22 heavy (non-hydrogen) atoms. The van der Waals surface area contributed by atoms with Crippen molar-refractivity contribution in [2.75, 3.05) is 11.5 Å². The van der Waals surface area contributed by atoms with E-state index in [2.05, 4.69) is 0 Å². The van der Waals surface area contributed by atoms with Crippen molar-refractivity contribution in [2.24, 2.45) is 0 Å². The highest BCUT2D eigenvalue weighted by molar-refractivity contribution is 8.14. The highest BCUT2D eigenvalue weighted by atomic mass is 32.2. The van der Waals surface area contributed by atoms with Gasteiger partial charge >= 0.3 is 0 Å². The SMILES string of the molecule is Nc1ccccc1SC(=O)CCC(=O)Sc1ccccc1N. The Morgan fingerprint density at radius 1 is 0.727 bits per heavy atom. The molecular weight excluding hydrogens is 316 g/mol. The van der Waals surface area contributed by atoms with Crippen LogP contribution in [-0.2, 0) is 9.59 Å². The van der Waals surface area contributed by atoms with Gasteiger partial charge in [0.25, 0.3) is 0 Å². The standard InChI is InChI=1S/C16H16N2O2S2/c17-11-5-1-3-7-13(11)21-15(19)9-10-16(20)22-14-8-4-2-6-12(14)18/h1-8H,9-10,17-18H2. The second kappa shape index (κ2) is 7.91. The van der Waals surface area contributed by atoms with Crippen molar-refractivity contribution in [3.05, 3.63) is 48.5 Å². The number of hydrogen-bond donors (Lipinski definition) is 2. The van der Waals surface area contributed by atoms with Crippen molar-refractivity contribution in [3.8, 4) is 0 Å². The van der Waals surface area contributed by atoms with Crippen LogP contribution in [0.15, 0.2) is 58.3 Å². The minimum atomic E-state index is -0.0760. The lowest BCUT2D eigenvalue weighted by Gasteiger charge is -2.05. The van der Waals surface area contributed by atoms with Crippen molar-refractivity contribution >= 4 is 45.1 Å². The van der Waals surface area contributed by atoms with Gasteiger partial charge in [0.1, 0.15) is 0 Å². The Labute approximate surface area is 137 Å². The summed E-state index contributed by atoms with van der Waals surface area (Å²) in [6.45, 7) is 0. The molecule has 0 amide bonds. The van der Waals surface area contributed by atoms with Crippen LogP contribution in [0.4, 0.5) is 11.4 Å². The van der Waals surface area contributed by atoms with E-state index in [1.54, 1.807) is 24.3 Å². The number of anilines is 2. The molecule has 0 radical (unpaired) electrons. The molecule has 0 saturated carbocycles. The number of nitrogens with two attached hydrogens (primary N) is 2. The molecule has 0 spiro atoms. The first-order valence-corrected chi connectivity index (χ1v) is 8.30. The van der Waals surface area contributed by atoms with Crippen molar-refractivity contribution < 1.29 is 9.59 Å². The lowest BCUT2D eigenvalue weighted by Crippen LogP contribution is -1.99. The van der Waals surface area contributed by atoms with Crippen LogP contribution in [-0.4, -0.2) is 10.2 Å². The molecule has 0 heterocycles. The molecule has 0 aromatic heterocycles. The number of para-hydroxylation sites is 2. The molecule has 0 aliphatic carbocycles. The molecule has 114 valence electrons. The average Bonchev–Trinajstić information content (AvgIpc) is 2.50. The first-order valence-electron chi connectivity index (χ1n) is 6.66. The van der Waals surface area contributed by atoms with Crippen molar-refractivity contribution in [1.29, 1.82) is 0 Å². The smallest absolute Gasteiger partial charge is 0.194 e. The van der Waals surface area contributed by atoms with Crippen LogP contribution in [0.3, 0.4) is 0 Å². The summed E-state index contributed by atoms with van der Waals surface area (Å²) >= 11 is 2.14. The van der Waals surface area contributed by atoms with E-state index in [1.165, 1.54) is 0 Å². The lowest BCUT2D eigenvalue weighted by atomic mass is 10.3. The predicted molar refractivity (Wildman–Crippen MR) is 92.7 cm³/mol. The maximum absolute atomic E-state index is 11.9. The fourth-order valence-corrected chi connectivity index (χ4v) is 3.26. The summed E-state index contributed by atoms with van der Waals surface area (Å²) in [5.74, 6) is 0. The molecular formula is C16H16N2O2S2. The number of carbonyl (C=O) groups excluding carboxylic acids is 2. The van der Waals surface area contributed by atoms with Crippen LogP contribution in [0.25, 0.3) is 0 Å². The Bertz CT molecular complexity index is 630. The van der Waals surface area contributed by atoms with E-state index >= 15 is 0 Å². The molecule has 4 N–H and O–H groups in total. The Hall–Kier alpha value is -1.92. The quantitative estimate of drug-likeness (QED) is 0.643. The summed E-state index contributed by atoms with van der Waals surface area (Å²) in [6, 6.07) is 14.3. The van der Waals surface area contributed by atoms with E-state index in [4.69, 9.17) is 11.5 Å². The summed E-state index contributed by atoms with van der Waals surface area (Å²) in [6.07, 6.45) is 0.356. The molecule has 2 rings (SSSR count). The van der Waals surface area contributed by atoms with Gasteiger partial charge in [0.2, 0.25) is 0 Å². The Kier molecular flexibility index (Phi) is 5.91. The number of carbonyl (C=O) groups is 2. The van der Waals surface area contributed by atoms with Gasteiger partial charge in [-0.2, -0.15) is 0 Å². The van der Waals surface area contributed by atoms with Crippen molar-refractivity contribution in [1.82, 2.24) is 0 Å². The molecule has 2 aromatic carbocycles. The highest BCUT2D eigenvalue weighted by Crippen LogP contribution is 2.29. The van der Waals surface area contributed by atoms with Gasteiger partial charge < -0.3 is 11.5 Å². The first-order chi connectivity index (χ1) is 10.6. The molecule has 0 unspecified atom stereocenters. The van der Waals surface area contributed by atoms with Gasteiger partial charge in [-0.1, -0.05) is 24.3 Å². The minimum absolute atomic E-state index is 0.0760. The van der Waals surface area contributed by atoms with Gasteiger partial charge in [0, 0.05) is 34.0 Å². The summed E-state index contributed by atoms with van der Waals surface area (Å²) in [5, 5.41) is -0.152. The average molecular weight is 332 g/mol. The van der Waals surface area contributed by atoms with E-state index in [-0.39, 0.29) is 23.1 Å². The number of hydrogen-bond acceptors (Lipinski definition) is 6. The van der Waals surface area contributed by atoms with E-state index < -0.39 is 0 Å². The zero-order chi connectivity index (χ0) is 15.9. The summed E-state index contributed by atoms with van der Waals surface area (Å²) in [4.78, 5) is 25.3. The van der Waals surface area contributed by atoms with E-state index in [1.807, 2.05) is 24.3 Å². The Morgan fingerprint density at radius 2 is 1.09 bits per heavy atom. The molecule has 0 saturated heterocycles. The first kappa shape index (κ1) is 16.5. The van der Waals surface area contributed by atoms with E-state index in [0.717, 1.165) is 33.3 Å². The molecule has 4 nitrogen and oxygen atoms in total. The normalized spacial score (nSPS) is 10.4. The summed E-state index contributed by atoms with van der Waals surface area (Å²) < 4.78 is 0. The third kappa shape index (κ3) is 4.82. The molecule has 0 aliphatic rings. The fourth-order valence-electron chi connectivity index (χ4n) is 1.70. The molecule has 0 fully saturated rings. The topological polar surface area (TPSA) is 86.2 Å². The van der Waals surface area contributed by atoms with Crippen LogP contribution in [0.1, 0.15) is 12.8 Å². The van der Waals surface area contributed by atoms with Gasteiger partial charge in [-0.05, 0) is 47.8 Å². The minimum Gasteiger partial charge on any atom is -0.398 e. The Morgan fingerprint density at radius 3 is 1.45 bits per heavy atom. The third-order valence-corrected chi connectivity index (χ3v) is 4.87. The molecule has 0 bridgehead atoms. The molecule has 6 heteroatoms. The maximum atomic E-state index is 11.9. The van der Waals surface area contributed by atoms with Crippen LogP contribution < -0.4 is 11.5 Å². The van der Waals surface area contributed by atoms with Crippen molar-refractivity contribution in [3.63, 3.8) is 0 Å². The summed E-state index contributed by atoms with van der Waals surface area (Å²) in [7, 11) is 0. The van der Waals surface area contributed by atoms with Crippen LogP contribution >= 0.6 is 23.5 Å². The number of thioether (sulfide) groups is 2. The number of rotatable bonds is 5. The fraction of sp³-hybridized carbons (Fsp3) is 0.125. The van der Waals surface area contributed by atoms with Gasteiger partial charge in [-0.15, -0.1) is 0 Å². The van der Waals surface area contributed by atoms with E-state index in [0.29, 0.717) is 11.4 Å². The van der Waals surface area contributed by atoms with Crippen molar-refractivity contribution in [2.45, 2.75) is 22.6 Å².